The minimum absolute atomic E-state index is 0.0706. The van der Waals surface area contributed by atoms with Gasteiger partial charge in [-0.15, -0.1) is 0 Å². The van der Waals surface area contributed by atoms with Crippen LogP contribution in [0.2, 0.25) is 0 Å². The highest BCUT2D eigenvalue weighted by Gasteiger charge is 2.28. The smallest absolute Gasteiger partial charge is 0.320 e. The van der Waals surface area contributed by atoms with Crippen LogP contribution < -0.4 is 5.73 Å². The van der Waals surface area contributed by atoms with Gasteiger partial charge in [0.15, 0.2) is 0 Å². The third-order valence-electron chi connectivity index (χ3n) is 3.54. The van der Waals surface area contributed by atoms with Gasteiger partial charge in [0.25, 0.3) is 0 Å². The van der Waals surface area contributed by atoms with Crippen molar-refractivity contribution >= 4 is 11.9 Å². The maximum atomic E-state index is 12.2. The minimum Gasteiger partial charge on any atom is -0.339 e. The van der Waals surface area contributed by atoms with Gasteiger partial charge >= 0.3 is 6.03 Å². The van der Waals surface area contributed by atoms with Crippen LogP contribution in [0, 0.1) is 0 Å². The van der Waals surface area contributed by atoms with E-state index >= 15 is 0 Å². The van der Waals surface area contributed by atoms with Gasteiger partial charge in [-0.3, -0.25) is 4.79 Å². The first-order valence-corrected chi connectivity index (χ1v) is 7.39. The molecule has 0 radical (unpaired) electrons. The molecule has 0 aromatic carbocycles. The Kier molecular flexibility index (Phi) is 5.80. The highest BCUT2D eigenvalue weighted by atomic mass is 16.2. The third kappa shape index (κ3) is 4.67. The summed E-state index contributed by atoms with van der Waals surface area (Å²) in [5.41, 5.74) is 5.39. The molecule has 0 aromatic rings. The fourth-order valence-corrected chi connectivity index (χ4v) is 2.34. The van der Waals surface area contributed by atoms with Crippen LogP contribution >= 0.6 is 0 Å². The molecule has 116 valence electrons. The molecule has 0 saturated carbocycles. The van der Waals surface area contributed by atoms with Crippen molar-refractivity contribution in [3.63, 3.8) is 0 Å². The van der Waals surface area contributed by atoms with Crippen molar-refractivity contribution in [3.05, 3.63) is 0 Å². The fourth-order valence-electron chi connectivity index (χ4n) is 2.34. The number of rotatable bonds is 4. The third-order valence-corrected chi connectivity index (χ3v) is 3.54. The van der Waals surface area contributed by atoms with Crippen LogP contribution in [0.1, 0.15) is 34.1 Å². The largest absolute Gasteiger partial charge is 0.339 e. The molecule has 1 rings (SSSR count). The first-order valence-electron chi connectivity index (χ1n) is 7.39. The van der Waals surface area contributed by atoms with Crippen LogP contribution in [-0.4, -0.2) is 71.4 Å². The van der Waals surface area contributed by atoms with Gasteiger partial charge in [-0.25, -0.2) is 4.79 Å². The first kappa shape index (κ1) is 16.8. The van der Waals surface area contributed by atoms with E-state index in [-0.39, 0.29) is 11.9 Å². The van der Waals surface area contributed by atoms with Gasteiger partial charge in [-0.05, 0) is 27.7 Å². The number of nitrogens with two attached hydrogens (primary N) is 1. The Labute approximate surface area is 121 Å². The van der Waals surface area contributed by atoms with Crippen LogP contribution in [0.4, 0.5) is 4.79 Å². The average molecular weight is 284 g/mol. The normalized spacial score (nSPS) is 16.2. The SMILES string of the molecule is CCN(CC)C(=O)N1CCN(C(=O)CC(C)(C)N)CC1. The van der Waals surface area contributed by atoms with Crippen LogP contribution in [0.15, 0.2) is 0 Å². The summed E-state index contributed by atoms with van der Waals surface area (Å²) in [4.78, 5) is 29.7. The van der Waals surface area contributed by atoms with Crippen molar-refractivity contribution in [2.24, 2.45) is 5.73 Å². The van der Waals surface area contributed by atoms with Crippen molar-refractivity contribution in [1.29, 1.82) is 0 Å². The van der Waals surface area contributed by atoms with Gasteiger partial charge in [-0.2, -0.15) is 0 Å². The molecular formula is C14H28N4O2. The van der Waals surface area contributed by atoms with Crippen LogP contribution in [0.25, 0.3) is 0 Å². The highest BCUT2D eigenvalue weighted by molar-refractivity contribution is 5.78. The zero-order valence-corrected chi connectivity index (χ0v) is 13.2. The number of piperazine rings is 1. The zero-order chi connectivity index (χ0) is 15.3. The molecule has 6 nitrogen and oxygen atoms in total. The molecule has 0 aromatic heterocycles. The number of hydrogen-bond donors (Lipinski definition) is 1. The molecule has 6 heteroatoms. The van der Waals surface area contributed by atoms with E-state index < -0.39 is 5.54 Å². The summed E-state index contributed by atoms with van der Waals surface area (Å²) in [6.07, 6.45) is 0.344. The molecule has 0 unspecified atom stereocenters. The number of urea groups is 1. The quantitative estimate of drug-likeness (QED) is 0.827. The van der Waals surface area contributed by atoms with E-state index in [2.05, 4.69) is 0 Å². The van der Waals surface area contributed by atoms with Gasteiger partial charge < -0.3 is 20.4 Å². The first-order chi connectivity index (χ1) is 9.28. The van der Waals surface area contributed by atoms with Gasteiger partial charge in [0.05, 0.1) is 0 Å². The Morgan fingerprint density at radius 2 is 1.50 bits per heavy atom. The zero-order valence-electron chi connectivity index (χ0n) is 13.2. The monoisotopic (exact) mass is 284 g/mol. The lowest BCUT2D eigenvalue weighted by molar-refractivity contribution is -0.133. The summed E-state index contributed by atoms with van der Waals surface area (Å²) in [5.74, 6) is 0.0763. The van der Waals surface area contributed by atoms with E-state index in [0.717, 1.165) is 13.1 Å². The molecule has 1 heterocycles. The van der Waals surface area contributed by atoms with Gasteiger partial charge in [-0.1, -0.05) is 0 Å². The molecule has 2 N–H and O–H groups in total. The fraction of sp³-hybridized carbons (Fsp3) is 0.857. The summed E-state index contributed by atoms with van der Waals surface area (Å²) in [6, 6.07) is 0.0706. The predicted octanol–water partition coefficient (Wildman–Crippen LogP) is 0.720. The average Bonchev–Trinajstić information content (AvgIpc) is 2.38. The topological polar surface area (TPSA) is 69.9 Å². The number of carbonyl (C=O) groups excluding carboxylic acids is 2. The van der Waals surface area contributed by atoms with E-state index in [1.807, 2.05) is 32.6 Å². The number of amides is 3. The second kappa shape index (κ2) is 6.92. The Balaban J connectivity index is 2.47. The lowest BCUT2D eigenvalue weighted by Gasteiger charge is -2.37. The standard InChI is InChI=1S/C14H28N4O2/c1-5-16(6-2)13(20)18-9-7-17(8-10-18)12(19)11-14(3,4)15/h5-11,15H2,1-4H3. The van der Waals surface area contributed by atoms with Gasteiger partial charge in [0, 0.05) is 51.2 Å². The van der Waals surface area contributed by atoms with E-state index in [9.17, 15) is 9.59 Å². The minimum atomic E-state index is -0.481. The molecule has 1 fully saturated rings. The van der Waals surface area contributed by atoms with E-state index in [4.69, 9.17) is 5.73 Å². The lowest BCUT2D eigenvalue weighted by Crippen LogP contribution is -2.55. The Hall–Kier alpha value is -1.30. The summed E-state index contributed by atoms with van der Waals surface area (Å²) >= 11 is 0. The number of carbonyl (C=O) groups is 2. The number of nitrogens with zero attached hydrogens (tertiary/aromatic N) is 3. The van der Waals surface area contributed by atoms with E-state index in [1.54, 1.807) is 9.80 Å². The van der Waals surface area contributed by atoms with Crippen molar-refractivity contribution in [2.45, 2.75) is 39.7 Å². The maximum absolute atomic E-state index is 12.2. The van der Waals surface area contributed by atoms with Crippen LogP contribution in [-0.2, 0) is 4.79 Å². The molecule has 1 aliphatic heterocycles. The molecule has 0 atom stereocenters. The van der Waals surface area contributed by atoms with E-state index in [1.165, 1.54) is 0 Å². The van der Waals surface area contributed by atoms with Gasteiger partial charge in [0.1, 0.15) is 0 Å². The van der Waals surface area contributed by atoms with Crippen molar-refractivity contribution in [3.8, 4) is 0 Å². The van der Waals surface area contributed by atoms with Crippen molar-refractivity contribution in [2.75, 3.05) is 39.3 Å². The highest BCUT2D eigenvalue weighted by Crippen LogP contribution is 2.11. The number of hydrogen-bond acceptors (Lipinski definition) is 3. The summed E-state index contributed by atoms with van der Waals surface area (Å²) < 4.78 is 0. The molecular weight excluding hydrogens is 256 g/mol. The summed E-state index contributed by atoms with van der Waals surface area (Å²) in [6.45, 7) is 11.5. The van der Waals surface area contributed by atoms with Crippen molar-refractivity contribution < 1.29 is 9.59 Å². The lowest BCUT2D eigenvalue weighted by atomic mass is 10.0. The van der Waals surface area contributed by atoms with Crippen molar-refractivity contribution in [1.82, 2.24) is 14.7 Å². The molecule has 0 spiro atoms. The molecule has 20 heavy (non-hydrogen) atoms. The van der Waals surface area contributed by atoms with E-state index in [0.29, 0.717) is 32.6 Å². The molecule has 1 saturated heterocycles. The predicted molar refractivity (Wildman–Crippen MR) is 79.4 cm³/mol. The second-order valence-corrected chi connectivity index (χ2v) is 5.99. The molecule has 3 amide bonds. The Morgan fingerprint density at radius 1 is 1.05 bits per heavy atom. The molecule has 0 bridgehead atoms. The summed E-state index contributed by atoms with van der Waals surface area (Å²) in [7, 11) is 0. The molecule has 1 aliphatic rings. The molecule has 0 aliphatic carbocycles. The van der Waals surface area contributed by atoms with Crippen LogP contribution in [0.3, 0.4) is 0 Å². The Morgan fingerprint density at radius 3 is 1.90 bits per heavy atom. The second-order valence-electron chi connectivity index (χ2n) is 5.99. The maximum Gasteiger partial charge on any atom is 0.320 e. The van der Waals surface area contributed by atoms with Gasteiger partial charge in [0.2, 0.25) is 5.91 Å². The summed E-state index contributed by atoms with van der Waals surface area (Å²) in [5, 5.41) is 0. The van der Waals surface area contributed by atoms with Crippen LogP contribution in [0.5, 0.6) is 0 Å². The Bertz CT molecular complexity index is 340.